The van der Waals surface area contributed by atoms with E-state index in [1.165, 1.54) is 12.8 Å². The highest BCUT2D eigenvalue weighted by molar-refractivity contribution is 5.16. The van der Waals surface area contributed by atoms with Crippen LogP contribution in [0.2, 0.25) is 0 Å². The van der Waals surface area contributed by atoms with Crippen LogP contribution in [-0.2, 0) is 7.05 Å². The molecule has 4 nitrogen and oxygen atoms in total. The Bertz CT molecular complexity index is 382. The van der Waals surface area contributed by atoms with E-state index in [0.717, 1.165) is 24.6 Å². The summed E-state index contributed by atoms with van der Waals surface area (Å²) in [4.78, 5) is 6.47. The van der Waals surface area contributed by atoms with E-state index in [0.29, 0.717) is 0 Å². The molecule has 1 aromatic rings. The van der Waals surface area contributed by atoms with Crippen molar-refractivity contribution in [1.29, 1.82) is 5.26 Å². The molecule has 4 heteroatoms. The Balaban J connectivity index is 2.27. The van der Waals surface area contributed by atoms with Gasteiger partial charge in [-0.2, -0.15) is 5.26 Å². The SMILES string of the molecule is Cc1ncc(C(C#N)N2CCCC2)n1C. The Morgan fingerprint density at radius 1 is 1.47 bits per heavy atom. The Morgan fingerprint density at radius 2 is 2.13 bits per heavy atom. The fourth-order valence-corrected chi connectivity index (χ4v) is 2.11. The standard InChI is InChI=1S/C11H16N4/c1-9-13-8-11(14(9)2)10(7-12)15-5-3-4-6-15/h8,10H,3-6H2,1-2H3. The third kappa shape index (κ3) is 1.75. The fraction of sp³-hybridized carbons (Fsp3) is 0.636. The van der Waals surface area contributed by atoms with Crippen molar-refractivity contribution in [3.63, 3.8) is 0 Å². The summed E-state index contributed by atoms with van der Waals surface area (Å²) in [5.41, 5.74) is 1.01. The van der Waals surface area contributed by atoms with E-state index in [4.69, 9.17) is 0 Å². The monoisotopic (exact) mass is 204 g/mol. The average molecular weight is 204 g/mol. The minimum atomic E-state index is -0.126. The van der Waals surface area contributed by atoms with Crippen molar-refractivity contribution in [3.8, 4) is 6.07 Å². The summed E-state index contributed by atoms with van der Waals surface area (Å²) in [5, 5.41) is 9.24. The first-order chi connectivity index (χ1) is 7.24. The first-order valence-corrected chi connectivity index (χ1v) is 5.36. The Labute approximate surface area is 90.1 Å². The van der Waals surface area contributed by atoms with E-state index < -0.39 is 0 Å². The zero-order valence-corrected chi connectivity index (χ0v) is 9.27. The lowest BCUT2D eigenvalue weighted by atomic mass is 10.2. The molecule has 1 saturated heterocycles. The van der Waals surface area contributed by atoms with Gasteiger partial charge in [-0.1, -0.05) is 0 Å². The number of rotatable bonds is 2. The van der Waals surface area contributed by atoms with Gasteiger partial charge in [0, 0.05) is 7.05 Å². The Morgan fingerprint density at radius 3 is 2.60 bits per heavy atom. The van der Waals surface area contributed by atoms with Gasteiger partial charge in [-0.25, -0.2) is 4.98 Å². The van der Waals surface area contributed by atoms with E-state index in [-0.39, 0.29) is 6.04 Å². The molecule has 1 aliphatic rings. The Kier molecular flexibility index (Phi) is 2.74. The highest BCUT2D eigenvalue weighted by atomic mass is 15.2. The molecule has 0 amide bonds. The Hall–Kier alpha value is -1.34. The number of aryl methyl sites for hydroxylation is 1. The molecule has 1 aromatic heterocycles. The largest absolute Gasteiger partial charge is 0.333 e. The summed E-state index contributed by atoms with van der Waals surface area (Å²) in [6.45, 7) is 4.02. The zero-order chi connectivity index (χ0) is 10.8. The van der Waals surface area contributed by atoms with Crippen LogP contribution < -0.4 is 0 Å². The molecular weight excluding hydrogens is 188 g/mol. The van der Waals surface area contributed by atoms with Crippen LogP contribution in [0.25, 0.3) is 0 Å². The first-order valence-electron chi connectivity index (χ1n) is 5.36. The molecule has 1 fully saturated rings. The second-order valence-electron chi connectivity index (χ2n) is 4.06. The minimum absolute atomic E-state index is 0.126. The van der Waals surface area contributed by atoms with E-state index in [2.05, 4.69) is 16.0 Å². The van der Waals surface area contributed by atoms with Gasteiger partial charge in [0.1, 0.15) is 11.9 Å². The van der Waals surface area contributed by atoms with Crippen molar-refractivity contribution < 1.29 is 0 Å². The van der Waals surface area contributed by atoms with Gasteiger partial charge in [0.05, 0.1) is 18.0 Å². The predicted molar refractivity (Wildman–Crippen MR) is 57.1 cm³/mol. The lowest BCUT2D eigenvalue weighted by Gasteiger charge is -2.21. The number of aromatic nitrogens is 2. The summed E-state index contributed by atoms with van der Waals surface area (Å²) in [7, 11) is 1.97. The molecule has 0 saturated carbocycles. The normalized spacial score (nSPS) is 19.0. The van der Waals surface area contributed by atoms with Crippen LogP contribution in [0.5, 0.6) is 0 Å². The lowest BCUT2D eigenvalue weighted by molar-refractivity contribution is 0.286. The average Bonchev–Trinajstić information content (AvgIpc) is 2.84. The van der Waals surface area contributed by atoms with Gasteiger partial charge in [-0.05, 0) is 32.9 Å². The molecule has 2 heterocycles. The van der Waals surface area contributed by atoms with Crippen LogP contribution in [-0.4, -0.2) is 27.5 Å². The summed E-state index contributed by atoms with van der Waals surface area (Å²) in [6.07, 6.45) is 4.23. The van der Waals surface area contributed by atoms with Gasteiger partial charge in [-0.3, -0.25) is 4.90 Å². The molecular formula is C11H16N4. The molecule has 1 aliphatic heterocycles. The van der Waals surface area contributed by atoms with Crippen LogP contribution in [0, 0.1) is 18.3 Å². The topological polar surface area (TPSA) is 44.9 Å². The van der Waals surface area contributed by atoms with Crippen molar-refractivity contribution in [2.24, 2.45) is 7.05 Å². The molecule has 80 valence electrons. The number of imidazole rings is 1. The highest BCUT2D eigenvalue weighted by Gasteiger charge is 2.25. The number of nitriles is 1. The molecule has 0 aromatic carbocycles. The van der Waals surface area contributed by atoms with Crippen LogP contribution in [0.4, 0.5) is 0 Å². The van der Waals surface area contributed by atoms with Crippen molar-refractivity contribution in [2.75, 3.05) is 13.1 Å². The number of likely N-dealkylation sites (tertiary alicyclic amines) is 1. The maximum atomic E-state index is 9.24. The quantitative estimate of drug-likeness (QED) is 0.731. The smallest absolute Gasteiger partial charge is 0.140 e. The molecule has 0 N–H and O–H groups in total. The van der Waals surface area contributed by atoms with E-state index in [1.54, 1.807) is 0 Å². The summed E-state index contributed by atoms with van der Waals surface area (Å²) < 4.78 is 2.01. The summed E-state index contributed by atoms with van der Waals surface area (Å²) in [6, 6.07) is 2.25. The molecule has 2 rings (SSSR count). The second-order valence-corrected chi connectivity index (χ2v) is 4.06. The second kappa shape index (κ2) is 4.03. The molecule has 0 aliphatic carbocycles. The zero-order valence-electron chi connectivity index (χ0n) is 9.27. The van der Waals surface area contributed by atoms with Crippen molar-refractivity contribution in [2.45, 2.75) is 25.8 Å². The van der Waals surface area contributed by atoms with Gasteiger partial charge in [0.2, 0.25) is 0 Å². The maximum absolute atomic E-state index is 9.24. The maximum Gasteiger partial charge on any atom is 0.140 e. The minimum Gasteiger partial charge on any atom is -0.333 e. The van der Waals surface area contributed by atoms with Crippen molar-refractivity contribution in [3.05, 3.63) is 17.7 Å². The number of hydrogen-bond acceptors (Lipinski definition) is 3. The third-order valence-electron chi connectivity index (χ3n) is 3.16. The van der Waals surface area contributed by atoms with E-state index in [1.807, 2.05) is 24.7 Å². The molecule has 1 unspecified atom stereocenters. The van der Waals surface area contributed by atoms with Crippen molar-refractivity contribution >= 4 is 0 Å². The van der Waals surface area contributed by atoms with Gasteiger partial charge >= 0.3 is 0 Å². The summed E-state index contributed by atoms with van der Waals surface area (Å²) in [5.74, 6) is 0.962. The van der Waals surface area contributed by atoms with Crippen LogP contribution >= 0.6 is 0 Å². The van der Waals surface area contributed by atoms with Crippen molar-refractivity contribution in [1.82, 2.24) is 14.5 Å². The summed E-state index contributed by atoms with van der Waals surface area (Å²) >= 11 is 0. The predicted octanol–water partition coefficient (Wildman–Crippen LogP) is 1.39. The van der Waals surface area contributed by atoms with Crippen LogP contribution in [0.1, 0.15) is 30.4 Å². The number of hydrogen-bond donors (Lipinski definition) is 0. The van der Waals surface area contributed by atoms with Crippen LogP contribution in [0.15, 0.2) is 6.20 Å². The van der Waals surface area contributed by atoms with Gasteiger partial charge in [0.15, 0.2) is 0 Å². The molecule has 1 atom stereocenters. The van der Waals surface area contributed by atoms with Crippen LogP contribution in [0.3, 0.4) is 0 Å². The molecule has 0 spiro atoms. The lowest BCUT2D eigenvalue weighted by Crippen LogP contribution is -2.26. The fourth-order valence-electron chi connectivity index (χ4n) is 2.11. The van der Waals surface area contributed by atoms with E-state index in [9.17, 15) is 5.26 Å². The highest BCUT2D eigenvalue weighted by Crippen LogP contribution is 2.24. The first kappa shape index (κ1) is 10.2. The third-order valence-corrected chi connectivity index (χ3v) is 3.16. The number of nitrogens with zero attached hydrogens (tertiary/aromatic N) is 4. The van der Waals surface area contributed by atoms with Gasteiger partial charge in [0.25, 0.3) is 0 Å². The molecule has 0 radical (unpaired) electrons. The van der Waals surface area contributed by atoms with Gasteiger partial charge in [-0.15, -0.1) is 0 Å². The van der Waals surface area contributed by atoms with E-state index >= 15 is 0 Å². The van der Waals surface area contributed by atoms with Gasteiger partial charge < -0.3 is 4.57 Å². The molecule has 15 heavy (non-hydrogen) atoms. The molecule has 0 bridgehead atoms.